The lowest BCUT2D eigenvalue weighted by molar-refractivity contribution is 0.130. The zero-order valence-electron chi connectivity index (χ0n) is 10.6. The van der Waals surface area contributed by atoms with Crippen molar-refractivity contribution in [3.8, 4) is 0 Å². The molecule has 0 atom stereocenters. The summed E-state index contributed by atoms with van der Waals surface area (Å²) in [6.07, 6.45) is -0.821. The fourth-order valence-corrected chi connectivity index (χ4v) is 2.05. The molecule has 1 N–H and O–H groups in total. The van der Waals surface area contributed by atoms with Crippen LogP contribution in [-0.4, -0.2) is 27.9 Å². The number of rotatable bonds is 2. The van der Waals surface area contributed by atoms with Crippen molar-refractivity contribution in [2.45, 2.75) is 46.1 Å². The highest BCUT2D eigenvalue weighted by Gasteiger charge is 2.25. The van der Waals surface area contributed by atoms with E-state index >= 15 is 0 Å². The second-order valence-corrected chi connectivity index (χ2v) is 3.76. The molecule has 0 aromatic carbocycles. The first kappa shape index (κ1) is 14.0. The van der Waals surface area contributed by atoms with Gasteiger partial charge in [0.05, 0.1) is 0 Å². The number of piperidine rings is 1. The largest absolute Gasteiger partial charge is 0.317 e. The molecular weight excluding hydrogens is 226 g/mol. The van der Waals surface area contributed by atoms with Crippen molar-refractivity contribution < 1.29 is 8.78 Å². The van der Waals surface area contributed by atoms with Crippen molar-refractivity contribution in [3.05, 3.63) is 11.6 Å². The summed E-state index contributed by atoms with van der Waals surface area (Å²) in [5.41, 5.74) is 0. The van der Waals surface area contributed by atoms with Gasteiger partial charge in [-0.1, -0.05) is 13.8 Å². The topological polar surface area (TPSA) is 42.7 Å². The van der Waals surface area contributed by atoms with Crippen LogP contribution in [0.2, 0.25) is 0 Å². The van der Waals surface area contributed by atoms with Gasteiger partial charge in [-0.05, 0) is 32.9 Å². The Morgan fingerprint density at radius 3 is 2.35 bits per heavy atom. The van der Waals surface area contributed by atoms with Crippen LogP contribution in [0.5, 0.6) is 0 Å². The van der Waals surface area contributed by atoms with E-state index in [1.807, 2.05) is 13.8 Å². The van der Waals surface area contributed by atoms with Crippen LogP contribution in [0.1, 0.15) is 50.8 Å². The maximum atomic E-state index is 12.7. The quantitative estimate of drug-likeness (QED) is 0.871. The van der Waals surface area contributed by atoms with Crippen LogP contribution in [0.15, 0.2) is 0 Å². The Labute approximate surface area is 100 Å². The molecule has 1 aromatic heterocycles. The Kier molecular flexibility index (Phi) is 5.47. The summed E-state index contributed by atoms with van der Waals surface area (Å²) in [6, 6.07) is 0.116. The van der Waals surface area contributed by atoms with Crippen LogP contribution in [0.25, 0.3) is 0 Å². The zero-order chi connectivity index (χ0) is 12.8. The number of aromatic nitrogens is 3. The average molecular weight is 246 g/mol. The van der Waals surface area contributed by atoms with Gasteiger partial charge in [-0.25, -0.2) is 8.78 Å². The normalized spacial score (nSPS) is 16.8. The Hall–Kier alpha value is -1.04. The number of nitrogens with one attached hydrogen (secondary N) is 1. The molecule has 98 valence electrons. The number of hydrogen-bond acceptors (Lipinski definition) is 3. The van der Waals surface area contributed by atoms with E-state index in [4.69, 9.17) is 0 Å². The van der Waals surface area contributed by atoms with E-state index in [-0.39, 0.29) is 11.9 Å². The van der Waals surface area contributed by atoms with Gasteiger partial charge in [-0.15, -0.1) is 10.2 Å². The molecule has 1 aromatic rings. The molecule has 1 saturated heterocycles. The highest BCUT2D eigenvalue weighted by atomic mass is 19.3. The van der Waals surface area contributed by atoms with Crippen molar-refractivity contribution >= 4 is 0 Å². The molecule has 2 heterocycles. The number of halogens is 2. The van der Waals surface area contributed by atoms with Crippen molar-refractivity contribution in [3.63, 3.8) is 0 Å². The number of alkyl halides is 2. The lowest BCUT2D eigenvalue weighted by atomic mass is 10.1. The van der Waals surface area contributed by atoms with E-state index < -0.39 is 6.43 Å². The summed E-state index contributed by atoms with van der Waals surface area (Å²) >= 11 is 0. The first-order chi connectivity index (χ1) is 8.20. The number of nitrogens with zero attached hydrogens (tertiary/aromatic N) is 3. The summed E-state index contributed by atoms with van der Waals surface area (Å²) in [6.45, 7) is 7.46. The third kappa shape index (κ3) is 3.21. The Balaban J connectivity index is 0.000000686. The van der Waals surface area contributed by atoms with E-state index in [1.54, 1.807) is 11.5 Å². The number of aryl methyl sites for hydroxylation is 1. The molecule has 0 radical (unpaired) electrons. The predicted molar refractivity (Wildman–Crippen MR) is 62.2 cm³/mol. The minimum Gasteiger partial charge on any atom is -0.317 e. The van der Waals surface area contributed by atoms with Gasteiger partial charge in [-0.3, -0.25) is 0 Å². The lowest BCUT2D eigenvalue weighted by Crippen LogP contribution is -2.30. The van der Waals surface area contributed by atoms with Crippen LogP contribution >= 0.6 is 0 Å². The van der Waals surface area contributed by atoms with Gasteiger partial charge in [0, 0.05) is 6.04 Å². The molecule has 0 spiro atoms. The van der Waals surface area contributed by atoms with Crippen LogP contribution in [0, 0.1) is 6.92 Å². The summed E-state index contributed by atoms with van der Waals surface area (Å²) in [5, 5.41) is 10.5. The zero-order valence-corrected chi connectivity index (χ0v) is 10.6. The Bertz CT molecular complexity index is 332. The first-order valence-corrected chi connectivity index (χ1v) is 6.10. The molecule has 17 heavy (non-hydrogen) atoms. The molecule has 4 nitrogen and oxygen atoms in total. The van der Waals surface area contributed by atoms with Crippen molar-refractivity contribution in [1.82, 2.24) is 20.1 Å². The SMILES string of the molecule is CC.Cc1nnc(C(F)F)n1C1CCNCC1. The van der Waals surface area contributed by atoms with Gasteiger partial charge >= 0.3 is 0 Å². The minimum atomic E-state index is -2.54. The van der Waals surface area contributed by atoms with Gasteiger partial charge in [0.1, 0.15) is 5.82 Å². The molecule has 0 saturated carbocycles. The van der Waals surface area contributed by atoms with Gasteiger partial charge in [0.2, 0.25) is 0 Å². The minimum absolute atomic E-state index is 0.116. The maximum absolute atomic E-state index is 12.7. The second kappa shape index (κ2) is 6.64. The molecule has 0 amide bonds. The molecule has 0 unspecified atom stereocenters. The van der Waals surface area contributed by atoms with E-state index in [2.05, 4.69) is 15.5 Å². The smallest absolute Gasteiger partial charge is 0.297 e. The predicted octanol–water partition coefficient (Wildman–Crippen LogP) is 2.47. The molecule has 2 rings (SSSR count). The lowest BCUT2D eigenvalue weighted by Gasteiger charge is -2.25. The fourth-order valence-electron chi connectivity index (χ4n) is 2.05. The van der Waals surface area contributed by atoms with Crippen LogP contribution in [0.4, 0.5) is 8.78 Å². The molecule has 1 aliphatic rings. The van der Waals surface area contributed by atoms with Crippen molar-refractivity contribution in [2.24, 2.45) is 0 Å². The van der Waals surface area contributed by atoms with E-state index in [0.717, 1.165) is 25.9 Å². The molecular formula is C11H20F2N4. The highest BCUT2D eigenvalue weighted by Crippen LogP contribution is 2.26. The van der Waals surface area contributed by atoms with Crippen LogP contribution in [-0.2, 0) is 0 Å². The monoisotopic (exact) mass is 246 g/mol. The first-order valence-electron chi connectivity index (χ1n) is 6.10. The van der Waals surface area contributed by atoms with E-state index in [0.29, 0.717) is 5.82 Å². The maximum Gasteiger partial charge on any atom is 0.297 e. The summed E-state index contributed by atoms with van der Waals surface area (Å²) in [5.74, 6) is 0.386. The van der Waals surface area contributed by atoms with E-state index in [9.17, 15) is 8.78 Å². The number of hydrogen-bond donors (Lipinski definition) is 1. The van der Waals surface area contributed by atoms with Crippen molar-refractivity contribution in [2.75, 3.05) is 13.1 Å². The Morgan fingerprint density at radius 1 is 1.24 bits per heavy atom. The molecule has 1 fully saturated rings. The standard InChI is InChI=1S/C9H14F2N4.C2H6/c1-6-13-14-9(8(10)11)15(6)7-2-4-12-5-3-7;1-2/h7-8,12H,2-5H2,1H3;1-2H3. The van der Waals surface area contributed by atoms with E-state index in [1.165, 1.54) is 0 Å². The summed E-state index contributed by atoms with van der Waals surface area (Å²) < 4.78 is 26.9. The van der Waals surface area contributed by atoms with Crippen molar-refractivity contribution in [1.29, 1.82) is 0 Å². The summed E-state index contributed by atoms with van der Waals surface area (Å²) in [4.78, 5) is 0. The van der Waals surface area contributed by atoms with Gasteiger partial charge in [0.25, 0.3) is 6.43 Å². The third-order valence-electron chi connectivity index (χ3n) is 2.76. The fraction of sp³-hybridized carbons (Fsp3) is 0.818. The van der Waals surface area contributed by atoms with Crippen LogP contribution < -0.4 is 5.32 Å². The van der Waals surface area contributed by atoms with Crippen LogP contribution in [0.3, 0.4) is 0 Å². The molecule has 0 aliphatic carbocycles. The van der Waals surface area contributed by atoms with Gasteiger partial charge in [0.15, 0.2) is 5.82 Å². The highest BCUT2D eigenvalue weighted by molar-refractivity contribution is 4.99. The van der Waals surface area contributed by atoms with Gasteiger partial charge in [-0.2, -0.15) is 0 Å². The second-order valence-electron chi connectivity index (χ2n) is 3.76. The molecule has 1 aliphatic heterocycles. The Morgan fingerprint density at radius 2 is 1.82 bits per heavy atom. The van der Waals surface area contributed by atoms with Gasteiger partial charge < -0.3 is 9.88 Å². The average Bonchev–Trinajstić information content (AvgIpc) is 2.75. The molecule has 0 bridgehead atoms. The third-order valence-corrected chi connectivity index (χ3v) is 2.76. The summed E-state index contributed by atoms with van der Waals surface area (Å²) in [7, 11) is 0. The molecule has 6 heteroatoms.